The fourth-order valence-electron chi connectivity index (χ4n) is 2.14. The average molecular weight is 308 g/mol. The van der Waals surface area contributed by atoms with Crippen LogP contribution in [0.3, 0.4) is 0 Å². The van der Waals surface area contributed by atoms with Crippen LogP contribution in [0.25, 0.3) is 0 Å². The minimum Gasteiger partial charge on any atom is -0.368 e. The van der Waals surface area contributed by atoms with Gasteiger partial charge in [-0.05, 0) is 36.6 Å². The van der Waals surface area contributed by atoms with Crippen molar-refractivity contribution in [3.8, 4) is 0 Å². The lowest BCUT2D eigenvalue weighted by Gasteiger charge is -2.32. The van der Waals surface area contributed by atoms with Crippen molar-refractivity contribution >= 4 is 17.7 Å². The van der Waals surface area contributed by atoms with Crippen LogP contribution in [0.2, 0.25) is 0 Å². The van der Waals surface area contributed by atoms with Crippen molar-refractivity contribution in [2.24, 2.45) is 11.7 Å². The zero-order chi connectivity index (χ0) is 15.7. The van der Waals surface area contributed by atoms with Crippen molar-refractivity contribution in [1.29, 1.82) is 0 Å². The normalized spacial score (nSPS) is 14.1. The molecule has 0 saturated carbocycles. The first-order valence-corrected chi connectivity index (χ1v) is 8.86. The Morgan fingerprint density at radius 1 is 1.33 bits per heavy atom. The van der Waals surface area contributed by atoms with E-state index in [0.29, 0.717) is 11.7 Å². The molecule has 4 heteroatoms. The molecule has 0 radical (unpaired) electrons. The fourth-order valence-corrected chi connectivity index (χ4v) is 3.64. The standard InChI is InChI=1S/C17H28N2OS/c1-4-11-19-17(16(18)20,13-21-12-10-14(2)3)15-8-6-5-7-9-15/h5-9,14,19H,4,10-13H2,1-3H3,(H2,18,20). The maximum Gasteiger partial charge on any atom is 0.243 e. The molecule has 0 heterocycles. The molecule has 1 aromatic carbocycles. The summed E-state index contributed by atoms with van der Waals surface area (Å²) in [7, 11) is 0. The summed E-state index contributed by atoms with van der Waals surface area (Å²) in [6.45, 7) is 7.31. The number of carbonyl (C=O) groups is 1. The molecule has 0 fully saturated rings. The number of rotatable bonds is 10. The first-order valence-electron chi connectivity index (χ1n) is 7.71. The Bertz CT molecular complexity index is 422. The van der Waals surface area contributed by atoms with Gasteiger partial charge in [-0.15, -0.1) is 0 Å². The minimum absolute atomic E-state index is 0.292. The summed E-state index contributed by atoms with van der Waals surface area (Å²) in [5.74, 6) is 2.12. The van der Waals surface area contributed by atoms with Crippen LogP contribution < -0.4 is 11.1 Å². The molecule has 0 aliphatic heterocycles. The molecule has 0 aliphatic rings. The summed E-state index contributed by atoms with van der Waals surface area (Å²) >= 11 is 1.80. The Morgan fingerprint density at radius 3 is 2.52 bits per heavy atom. The van der Waals surface area contributed by atoms with Gasteiger partial charge in [-0.2, -0.15) is 11.8 Å². The van der Waals surface area contributed by atoms with Crippen molar-refractivity contribution in [3.63, 3.8) is 0 Å². The van der Waals surface area contributed by atoms with E-state index >= 15 is 0 Å². The van der Waals surface area contributed by atoms with Gasteiger partial charge >= 0.3 is 0 Å². The maximum absolute atomic E-state index is 12.2. The van der Waals surface area contributed by atoms with Gasteiger partial charge in [-0.3, -0.25) is 10.1 Å². The molecule has 1 rings (SSSR count). The van der Waals surface area contributed by atoms with Gasteiger partial charge in [-0.1, -0.05) is 51.1 Å². The van der Waals surface area contributed by atoms with Crippen LogP contribution >= 0.6 is 11.8 Å². The number of amides is 1. The first kappa shape index (κ1) is 18.1. The van der Waals surface area contributed by atoms with Gasteiger partial charge in [0.25, 0.3) is 0 Å². The van der Waals surface area contributed by atoms with Crippen molar-refractivity contribution < 1.29 is 4.79 Å². The molecule has 0 bridgehead atoms. The van der Waals surface area contributed by atoms with Crippen LogP contribution in [0, 0.1) is 5.92 Å². The van der Waals surface area contributed by atoms with Crippen LogP contribution in [0.1, 0.15) is 39.2 Å². The third kappa shape index (κ3) is 5.36. The largest absolute Gasteiger partial charge is 0.368 e. The molecule has 0 spiro atoms. The van der Waals surface area contributed by atoms with E-state index in [4.69, 9.17) is 5.73 Å². The van der Waals surface area contributed by atoms with E-state index in [-0.39, 0.29) is 5.91 Å². The number of primary amides is 1. The molecule has 3 N–H and O–H groups in total. The third-order valence-electron chi connectivity index (χ3n) is 3.52. The van der Waals surface area contributed by atoms with Crippen LogP contribution in [0.5, 0.6) is 0 Å². The summed E-state index contributed by atoms with van der Waals surface area (Å²) in [4.78, 5) is 12.2. The zero-order valence-corrected chi connectivity index (χ0v) is 14.2. The van der Waals surface area contributed by atoms with E-state index in [1.54, 1.807) is 11.8 Å². The third-order valence-corrected chi connectivity index (χ3v) is 4.68. The summed E-state index contributed by atoms with van der Waals surface area (Å²) in [6.07, 6.45) is 2.13. The van der Waals surface area contributed by atoms with E-state index in [2.05, 4.69) is 26.1 Å². The molecule has 1 unspecified atom stereocenters. The summed E-state index contributed by atoms with van der Waals surface area (Å²) in [6, 6.07) is 9.84. The molecule has 1 aromatic rings. The van der Waals surface area contributed by atoms with Crippen molar-refractivity contribution in [3.05, 3.63) is 35.9 Å². The Hall–Kier alpha value is -1.00. The van der Waals surface area contributed by atoms with Gasteiger partial charge in [-0.25, -0.2) is 0 Å². The lowest BCUT2D eigenvalue weighted by molar-refractivity contribution is -0.123. The van der Waals surface area contributed by atoms with Crippen molar-refractivity contribution in [2.75, 3.05) is 18.1 Å². The number of hydrogen-bond acceptors (Lipinski definition) is 3. The van der Waals surface area contributed by atoms with Gasteiger partial charge in [0.1, 0.15) is 5.54 Å². The highest BCUT2D eigenvalue weighted by Crippen LogP contribution is 2.26. The fraction of sp³-hybridized carbons (Fsp3) is 0.588. The average Bonchev–Trinajstić information content (AvgIpc) is 2.47. The lowest BCUT2D eigenvalue weighted by atomic mass is 9.91. The Kier molecular flexibility index (Phi) is 7.83. The van der Waals surface area contributed by atoms with Gasteiger partial charge in [0.15, 0.2) is 0 Å². The summed E-state index contributed by atoms with van der Waals surface area (Å²) < 4.78 is 0. The minimum atomic E-state index is -0.765. The lowest BCUT2D eigenvalue weighted by Crippen LogP contribution is -2.55. The molecule has 118 valence electrons. The second kappa shape index (κ2) is 9.11. The highest BCUT2D eigenvalue weighted by Gasteiger charge is 2.37. The Balaban J connectivity index is 2.88. The van der Waals surface area contributed by atoms with Crippen molar-refractivity contribution in [1.82, 2.24) is 5.32 Å². The summed E-state index contributed by atoms with van der Waals surface area (Å²) in [5, 5.41) is 3.39. The predicted octanol–water partition coefficient (Wildman–Crippen LogP) is 3.15. The smallest absolute Gasteiger partial charge is 0.243 e. The SMILES string of the molecule is CCCNC(CSCCC(C)C)(C(N)=O)c1ccccc1. The molecule has 0 aliphatic carbocycles. The van der Waals surface area contributed by atoms with Crippen LogP contribution in [0.4, 0.5) is 0 Å². The van der Waals surface area contributed by atoms with E-state index in [1.807, 2.05) is 30.3 Å². The second-order valence-electron chi connectivity index (χ2n) is 5.80. The van der Waals surface area contributed by atoms with E-state index in [1.165, 1.54) is 0 Å². The second-order valence-corrected chi connectivity index (χ2v) is 6.90. The van der Waals surface area contributed by atoms with Gasteiger partial charge in [0.05, 0.1) is 0 Å². The topological polar surface area (TPSA) is 55.1 Å². The highest BCUT2D eigenvalue weighted by atomic mass is 32.2. The molecule has 0 saturated heterocycles. The summed E-state index contributed by atoms with van der Waals surface area (Å²) in [5.41, 5.74) is 5.97. The molecule has 1 atom stereocenters. The monoisotopic (exact) mass is 308 g/mol. The quantitative estimate of drug-likeness (QED) is 0.653. The van der Waals surface area contributed by atoms with E-state index in [9.17, 15) is 4.79 Å². The van der Waals surface area contributed by atoms with Gasteiger partial charge in [0.2, 0.25) is 5.91 Å². The van der Waals surface area contributed by atoms with E-state index in [0.717, 1.165) is 30.7 Å². The highest BCUT2D eigenvalue weighted by molar-refractivity contribution is 7.99. The zero-order valence-electron chi connectivity index (χ0n) is 13.4. The van der Waals surface area contributed by atoms with Gasteiger partial charge < -0.3 is 5.73 Å². The number of carbonyl (C=O) groups excluding carboxylic acids is 1. The number of nitrogens with two attached hydrogens (primary N) is 1. The first-order chi connectivity index (χ1) is 10.0. The molecule has 0 aromatic heterocycles. The number of benzene rings is 1. The molecular weight excluding hydrogens is 280 g/mol. The Morgan fingerprint density at radius 2 is 2.00 bits per heavy atom. The van der Waals surface area contributed by atoms with Crippen molar-refractivity contribution in [2.45, 2.75) is 39.2 Å². The van der Waals surface area contributed by atoms with Gasteiger partial charge in [0, 0.05) is 5.75 Å². The van der Waals surface area contributed by atoms with Crippen LogP contribution in [0.15, 0.2) is 30.3 Å². The van der Waals surface area contributed by atoms with Crippen LogP contribution in [-0.2, 0) is 10.3 Å². The Labute approximate surface area is 133 Å². The number of nitrogens with one attached hydrogen (secondary N) is 1. The molecule has 3 nitrogen and oxygen atoms in total. The maximum atomic E-state index is 12.2. The molecule has 1 amide bonds. The number of hydrogen-bond donors (Lipinski definition) is 2. The van der Waals surface area contributed by atoms with Crippen LogP contribution in [-0.4, -0.2) is 24.0 Å². The molecular formula is C17H28N2OS. The van der Waals surface area contributed by atoms with E-state index < -0.39 is 5.54 Å². The predicted molar refractivity (Wildman–Crippen MR) is 92.4 cm³/mol. The number of thioether (sulfide) groups is 1. The molecule has 21 heavy (non-hydrogen) atoms.